The van der Waals surface area contributed by atoms with Crippen LogP contribution >= 0.6 is 11.6 Å². The van der Waals surface area contributed by atoms with Crippen LogP contribution in [0.25, 0.3) is 10.9 Å². The predicted molar refractivity (Wildman–Crippen MR) is 137 cm³/mol. The largest absolute Gasteiger partial charge is 0.344 e. The number of carbonyl (C=O) groups is 1. The summed E-state index contributed by atoms with van der Waals surface area (Å²) in [4.78, 5) is 18.3. The summed E-state index contributed by atoms with van der Waals surface area (Å²) in [6.07, 6.45) is 6.23. The number of rotatable bonds is 5. The number of ketones is 1. The molecular formula is C29H28ClN3O. The van der Waals surface area contributed by atoms with Gasteiger partial charge in [0.15, 0.2) is 5.78 Å². The minimum Gasteiger partial charge on any atom is -0.344 e. The van der Waals surface area contributed by atoms with Crippen LogP contribution in [-0.4, -0.2) is 21.4 Å². The van der Waals surface area contributed by atoms with Crippen molar-refractivity contribution in [2.45, 2.75) is 58.2 Å². The Bertz CT molecular complexity index is 1400. The Labute approximate surface area is 205 Å². The summed E-state index contributed by atoms with van der Waals surface area (Å²) < 4.78 is 2.48. The molecule has 0 spiro atoms. The molecule has 1 fully saturated rings. The number of aromatic nitrogens is 2. The van der Waals surface area contributed by atoms with E-state index < -0.39 is 0 Å². The van der Waals surface area contributed by atoms with E-state index in [2.05, 4.69) is 46.1 Å². The molecule has 5 heteroatoms. The summed E-state index contributed by atoms with van der Waals surface area (Å²) in [5.41, 5.74) is 8.72. The van der Waals surface area contributed by atoms with E-state index in [1.807, 2.05) is 25.3 Å². The zero-order chi connectivity index (χ0) is 23.4. The third kappa shape index (κ3) is 3.57. The Morgan fingerprint density at radius 1 is 1.09 bits per heavy atom. The number of hydrogen-bond donors (Lipinski definition) is 1. The average Bonchev–Trinajstić information content (AvgIpc) is 3.37. The van der Waals surface area contributed by atoms with E-state index in [1.54, 1.807) is 12.1 Å². The lowest BCUT2D eigenvalue weighted by Gasteiger charge is -2.24. The van der Waals surface area contributed by atoms with Crippen molar-refractivity contribution < 1.29 is 4.79 Å². The maximum atomic E-state index is 13.8. The number of nitrogens with zero attached hydrogens (tertiary/aromatic N) is 2. The number of fused-ring (bicyclic) bond motifs is 6. The standard InChI is InChI=1S/C29H28ClN3O/c1-17-3-12-24-28(26(17)29(34)20-6-8-21(30)9-7-20)27-23-11-10-22(32-23)15-25(27)33(24)14-13-19-5-4-18(2)31-16-19/h3-9,12,16,22-23,32H,10-11,13-15H2,1-2H3. The van der Waals surface area contributed by atoms with Crippen LogP contribution in [0.5, 0.6) is 0 Å². The molecule has 2 aromatic carbocycles. The fourth-order valence-electron chi connectivity index (χ4n) is 5.85. The van der Waals surface area contributed by atoms with Crippen molar-refractivity contribution in [2.75, 3.05) is 0 Å². The number of carbonyl (C=O) groups excluding carboxylic acids is 1. The van der Waals surface area contributed by atoms with Gasteiger partial charge in [-0.15, -0.1) is 0 Å². The molecule has 0 amide bonds. The molecule has 1 N–H and O–H groups in total. The van der Waals surface area contributed by atoms with Gasteiger partial charge >= 0.3 is 0 Å². The van der Waals surface area contributed by atoms with Crippen LogP contribution in [0, 0.1) is 13.8 Å². The van der Waals surface area contributed by atoms with Gasteiger partial charge in [0.05, 0.1) is 0 Å². The molecule has 4 heterocycles. The number of pyridine rings is 1. The summed E-state index contributed by atoms with van der Waals surface area (Å²) >= 11 is 6.10. The van der Waals surface area contributed by atoms with Crippen molar-refractivity contribution in [1.29, 1.82) is 0 Å². The Kier molecular flexibility index (Phi) is 5.31. The molecule has 2 unspecified atom stereocenters. The summed E-state index contributed by atoms with van der Waals surface area (Å²) in [6, 6.07) is 16.7. The van der Waals surface area contributed by atoms with E-state index in [4.69, 9.17) is 11.6 Å². The number of nitrogens with one attached hydrogen (secondary N) is 1. The first-order chi connectivity index (χ1) is 16.5. The van der Waals surface area contributed by atoms with Gasteiger partial charge in [-0.05, 0) is 86.2 Å². The molecule has 1 saturated heterocycles. The maximum absolute atomic E-state index is 13.8. The van der Waals surface area contributed by atoms with Crippen molar-refractivity contribution in [1.82, 2.24) is 14.9 Å². The topological polar surface area (TPSA) is 46.9 Å². The normalized spacial score (nSPS) is 18.9. The number of benzene rings is 2. The molecule has 2 aliphatic rings. The van der Waals surface area contributed by atoms with Crippen LogP contribution < -0.4 is 5.32 Å². The van der Waals surface area contributed by atoms with E-state index in [0.717, 1.165) is 48.0 Å². The number of aryl methyl sites for hydroxylation is 4. The second-order valence-corrected chi connectivity index (χ2v) is 10.2. The first kappa shape index (κ1) is 21.6. The second-order valence-electron chi connectivity index (χ2n) is 9.76. The molecule has 0 aliphatic carbocycles. The van der Waals surface area contributed by atoms with E-state index in [9.17, 15) is 4.79 Å². The Balaban J connectivity index is 1.51. The van der Waals surface area contributed by atoms with Gasteiger partial charge in [0.2, 0.25) is 0 Å². The minimum absolute atomic E-state index is 0.0718. The van der Waals surface area contributed by atoms with Gasteiger partial charge in [-0.3, -0.25) is 9.78 Å². The first-order valence-electron chi connectivity index (χ1n) is 12.1. The molecule has 0 radical (unpaired) electrons. The van der Waals surface area contributed by atoms with Gasteiger partial charge in [-0.25, -0.2) is 0 Å². The van der Waals surface area contributed by atoms with Gasteiger partial charge in [0.1, 0.15) is 0 Å². The third-order valence-corrected chi connectivity index (χ3v) is 7.80. The molecule has 172 valence electrons. The SMILES string of the molecule is Cc1ccc(CCn2c3c(c4c(C(=O)c5ccc(Cl)cc5)c(C)ccc42)C2CCC(C3)N2)cn1. The van der Waals surface area contributed by atoms with Gasteiger partial charge in [0, 0.05) is 69.7 Å². The summed E-state index contributed by atoms with van der Waals surface area (Å²) in [5, 5.41) is 5.59. The van der Waals surface area contributed by atoms with Crippen molar-refractivity contribution in [3.8, 4) is 0 Å². The molecule has 2 atom stereocenters. The van der Waals surface area contributed by atoms with E-state index >= 15 is 0 Å². The Morgan fingerprint density at radius 3 is 2.68 bits per heavy atom. The fraction of sp³-hybridized carbons (Fsp3) is 0.310. The van der Waals surface area contributed by atoms with E-state index in [-0.39, 0.29) is 5.78 Å². The van der Waals surface area contributed by atoms with E-state index in [0.29, 0.717) is 22.7 Å². The molecule has 2 aromatic heterocycles. The smallest absolute Gasteiger partial charge is 0.193 e. The van der Waals surface area contributed by atoms with Gasteiger partial charge in [-0.1, -0.05) is 23.7 Å². The first-order valence-corrected chi connectivity index (χ1v) is 12.5. The van der Waals surface area contributed by atoms with Gasteiger partial charge < -0.3 is 9.88 Å². The van der Waals surface area contributed by atoms with Crippen LogP contribution in [0.15, 0.2) is 54.7 Å². The third-order valence-electron chi connectivity index (χ3n) is 7.55. The lowest BCUT2D eigenvalue weighted by molar-refractivity contribution is 0.103. The summed E-state index contributed by atoms with van der Waals surface area (Å²) in [7, 11) is 0. The zero-order valence-corrected chi connectivity index (χ0v) is 20.3. The minimum atomic E-state index is 0.0718. The average molecular weight is 470 g/mol. The van der Waals surface area contributed by atoms with Crippen LogP contribution in [0.2, 0.25) is 5.02 Å². The second kappa shape index (κ2) is 8.37. The Hall–Kier alpha value is -2.95. The monoisotopic (exact) mass is 469 g/mol. The Morgan fingerprint density at radius 2 is 1.91 bits per heavy atom. The fourth-order valence-corrected chi connectivity index (χ4v) is 5.97. The molecule has 4 aromatic rings. The molecular weight excluding hydrogens is 442 g/mol. The number of halogens is 1. The van der Waals surface area contributed by atoms with Crippen molar-refractivity contribution >= 4 is 28.3 Å². The van der Waals surface area contributed by atoms with Crippen LogP contribution in [0.3, 0.4) is 0 Å². The summed E-state index contributed by atoms with van der Waals surface area (Å²) in [5.74, 6) is 0.0718. The predicted octanol–water partition coefficient (Wildman–Crippen LogP) is 6.13. The highest BCUT2D eigenvalue weighted by atomic mass is 35.5. The molecule has 2 aliphatic heterocycles. The van der Waals surface area contributed by atoms with Gasteiger partial charge in [-0.2, -0.15) is 0 Å². The maximum Gasteiger partial charge on any atom is 0.193 e. The van der Waals surface area contributed by atoms with Crippen molar-refractivity contribution in [3.63, 3.8) is 0 Å². The lowest BCUT2D eigenvalue weighted by Crippen LogP contribution is -2.32. The van der Waals surface area contributed by atoms with Crippen LogP contribution in [0.4, 0.5) is 0 Å². The van der Waals surface area contributed by atoms with Gasteiger partial charge in [0.25, 0.3) is 0 Å². The van der Waals surface area contributed by atoms with E-state index in [1.165, 1.54) is 28.8 Å². The quantitative estimate of drug-likeness (QED) is 0.358. The zero-order valence-electron chi connectivity index (χ0n) is 19.6. The molecule has 2 bridgehead atoms. The molecule has 4 nitrogen and oxygen atoms in total. The molecule has 6 rings (SSSR count). The highest BCUT2D eigenvalue weighted by Gasteiger charge is 2.37. The lowest BCUT2D eigenvalue weighted by atomic mass is 9.90. The highest BCUT2D eigenvalue weighted by Crippen LogP contribution is 2.44. The van der Waals surface area contributed by atoms with Crippen molar-refractivity contribution in [2.24, 2.45) is 0 Å². The van der Waals surface area contributed by atoms with Crippen molar-refractivity contribution in [3.05, 3.63) is 99.0 Å². The molecule has 0 saturated carbocycles. The highest BCUT2D eigenvalue weighted by molar-refractivity contribution is 6.30. The molecule has 34 heavy (non-hydrogen) atoms. The summed E-state index contributed by atoms with van der Waals surface area (Å²) in [6.45, 7) is 4.95. The van der Waals surface area contributed by atoms with Crippen LogP contribution in [-0.2, 0) is 19.4 Å². The van der Waals surface area contributed by atoms with Crippen LogP contribution in [0.1, 0.15) is 62.9 Å². The number of hydrogen-bond acceptors (Lipinski definition) is 3.